The summed E-state index contributed by atoms with van der Waals surface area (Å²) >= 11 is 1.42. The Morgan fingerprint density at radius 2 is 2.00 bits per heavy atom. The number of aryl methyl sites for hydroxylation is 1. The zero-order valence-corrected chi connectivity index (χ0v) is 18.7. The molecular formula is C22H32N4O2S. The third-order valence-electron chi connectivity index (χ3n) is 5.67. The number of nitrogens with zero attached hydrogens (tertiary/aromatic N) is 3. The van der Waals surface area contributed by atoms with E-state index in [2.05, 4.69) is 41.5 Å². The molecule has 3 atom stereocenters. The fourth-order valence-corrected chi connectivity index (χ4v) is 4.50. The van der Waals surface area contributed by atoms with Gasteiger partial charge in [-0.3, -0.25) is 4.79 Å². The van der Waals surface area contributed by atoms with Gasteiger partial charge in [-0.1, -0.05) is 50.6 Å². The monoisotopic (exact) mass is 416 g/mol. The molecule has 29 heavy (non-hydrogen) atoms. The SMILES string of the molecule is CCc1ccc(O[C@H](C)c2nnc(SCC(=O)N[C@@H]3CCCC[C@H]3C)n2C)cc1. The van der Waals surface area contributed by atoms with E-state index in [1.54, 1.807) is 0 Å². The van der Waals surface area contributed by atoms with Gasteiger partial charge in [0.2, 0.25) is 5.91 Å². The maximum Gasteiger partial charge on any atom is 0.230 e. The van der Waals surface area contributed by atoms with E-state index in [0.29, 0.717) is 17.7 Å². The van der Waals surface area contributed by atoms with E-state index in [-0.39, 0.29) is 12.0 Å². The number of ether oxygens (including phenoxy) is 1. The highest BCUT2D eigenvalue weighted by Crippen LogP contribution is 2.25. The van der Waals surface area contributed by atoms with E-state index >= 15 is 0 Å². The Hall–Kier alpha value is -2.02. The van der Waals surface area contributed by atoms with Crippen LogP contribution in [0.2, 0.25) is 0 Å². The van der Waals surface area contributed by atoms with Crippen LogP contribution >= 0.6 is 11.8 Å². The maximum atomic E-state index is 12.4. The summed E-state index contributed by atoms with van der Waals surface area (Å²) in [4.78, 5) is 12.4. The second-order valence-electron chi connectivity index (χ2n) is 7.88. The molecule has 6 nitrogen and oxygen atoms in total. The zero-order chi connectivity index (χ0) is 20.8. The van der Waals surface area contributed by atoms with E-state index in [4.69, 9.17) is 4.74 Å². The molecule has 1 saturated carbocycles. The van der Waals surface area contributed by atoms with Gasteiger partial charge < -0.3 is 14.6 Å². The molecule has 1 aliphatic rings. The van der Waals surface area contributed by atoms with Crippen LogP contribution in [0.25, 0.3) is 0 Å². The van der Waals surface area contributed by atoms with Crippen molar-refractivity contribution in [1.82, 2.24) is 20.1 Å². The van der Waals surface area contributed by atoms with E-state index in [1.165, 1.54) is 36.6 Å². The lowest BCUT2D eigenvalue weighted by atomic mass is 9.86. The molecule has 3 rings (SSSR count). The van der Waals surface area contributed by atoms with Gasteiger partial charge in [-0.15, -0.1) is 10.2 Å². The number of nitrogens with one attached hydrogen (secondary N) is 1. The van der Waals surface area contributed by atoms with Crippen LogP contribution in [-0.4, -0.2) is 32.5 Å². The lowest BCUT2D eigenvalue weighted by molar-refractivity contribution is -0.119. The summed E-state index contributed by atoms with van der Waals surface area (Å²) in [6, 6.07) is 8.42. The molecule has 158 valence electrons. The van der Waals surface area contributed by atoms with Gasteiger partial charge in [0.25, 0.3) is 0 Å². The van der Waals surface area contributed by atoms with Crippen LogP contribution in [0.15, 0.2) is 29.4 Å². The minimum absolute atomic E-state index is 0.0682. The van der Waals surface area contributed by atoms with Crippen molar-refractivity contribution in [2.45, 2.75) is 70.2 Å². The molecule has 0 spiro atoms. The molecule has 1 heterocycles. The maximum absolute atomic E-state index is 12.4. The summed E-state index contributed by atoms with van der Waals surface area (Å²) in [5, 5.41) is 12.5. The van der Waals surface area contributed by atoms with Gasteiger partial charge in [-0.05, 0) is 49.8 Å². The molecule has 0 saturated heterocycles. The van der Waals surface area contributed by atoms with E-state index in [9.17, 15) is 4.79 Å². The standard InChI is InChI=1S/C22H32N4O2S/c1-5-17-10-12-18(13-11-17)28-16(3)21-24-25-22(26(21)4)29-14-20(27)23-19-9-7-6-8-15(19)2/h10-13,15-16,19H,5-9,14H2,1-4H3,(H,23,27)/t15-,16-,19-/m1/s1. The van der Waals surface area contributed by atoms with Crippen molar-refractivity contribution in [3.63, 3.8) is 0 Å². The number of aromatic nitrogens is 3. The summed E-state index contributed by atoms with van der Waals surface area (Å²) < 4.78 is 7.93. The van der Waals surface area contributed by atoms with E-state index < -0.39 is 0 Å². The highest BCUT2D eigenvalue weighted by Gasteiger charge is 2.23. The molecule has 7 heteroatoms. The van der Waals surface area contributed by atoms with Crippen LogP contribution in [0.1, 0.15) is 63.9 Å². The van der Waals surface area contributed by atoms with E-state index in [1.807, 2.05) is 30.7 Å². The number of amides is 1. The molecule has 0 radical (unpaired) electrons. The normalized spacial score (nSPS) is 20.3. The van der Waals surface area contributed by atoms with Crippen molar-refractivity contribution in [2.75, 3.05) is 5.75 Å². The number of hydrogen-bond acceptors (Lipinski definition) is 5. The Balaban J connectivity index is 1.53. The minimum atomic E-state index is -0.230. The second kappa shape index (κ2) is 10.1. The number of rotatable bonds is 8. The lowest BCUT2D eigenvalue weighted by Crippen LogP contribution is -2.41. The van der Waals surface area contributed by atoms with Gasteiger partial charge >= 0.3 is 0 Å². The lowest BCUT2D eigenvalue weighted by Gasteiger charge is -2.29. The minimum Gasteiger partial charge on any atom is -0.483 e. The summed E-state index contributed by atoms with van der Waals surface area (Å²) in [5.41, 5.74) is 1.28. The predicted octanol–water partition coefficient (Wildman–Crippen LogP) is 4.30. The van der Waals surface area contributed by atoms with Crippen molar-refractivity contribution in [1.29, 1.82) is 0 Å². The molecule has 1 fully saturated rings. The van der Waals surface area contributed by atoms with Crippen molar-refractivity contribution >= 4 is 17.7 Å². The Morgan fingerprint density at radius 3 is 2.69 bits per heavy atom. The van der Waals surface area contributed by atoms with Gasteiger partial charge in [0.1, 0.15) is 5.75 Å². The number of benzene rings is 1. The number of carbonyl (C=O) groups is 1. The second-order valence-corrected chi connectivity index (χ2v) is 8.82. The van der Waals surface area contributed by atoms with Crippen LogP contribution in [0.4, 0.5) is 0 Å². The van der Waals surface area contributed by atoms with Crippen molar-refractivity contribution in [2.24, 2.45) is 13.0 Å². The highest BCUT2D eigenvalue weighted by molar-refractivity contribution is 7.99. The van der Waals surface area contributed by atoms with Crippen LogP contribution in [0.5, 0.6) is 5.75 Å². The average Bonchev–Trinajstić information content (AvgIpc) is 3.09. The molecule has 2 aromatic rings. The first-order valence-corrected chi connectivity index (χ1v) is 11.5. The molecule has 0 bridgehead atoms. The Morgan fingerprint density at radius 1 is 1.28 bits per heavy atom. The Bertz CT molecular complexity index is 806. The molecule has 1 N–H and O–H groups in total. The largest absolute Gasteiger partial charge is 0.483 e. The fourth-order valence-electron chi connectivity index (χ4n) is 3.78. The molecular weight excluding hydrogens is 384 g/mol. The van der Waals surface area contributed by atoms with Crippen LogP contribution in [-0.2, 0) is 18.3 Å². The van der Waals surface area contributed by atoms with Gasteiger partial charge in [0.05, 0.1) is 5.75 Å². The smallest absolute Gasteiger partial charge is 0.230 e. The molecule has 1 aliphatic carbocycles. The Labute approximate surface area is 177 Å². The summed E-state index contributed by atoms with van der Waals surface area (Å²) in [7, 11) is 1.92. The molecule has 0 aliphatic heterocycles. The summed E-state index contributed by atoms with van der Waals surface area (Å²) in [6.07, 6.45) is 5.53. The number of thioether (sulfide) groups is 1. The van der Waals surface area contributed by atoms with E-state index in [0.717, 1.165) is 29.6 Å². The predicted molar refractivity (Wildman–Crippen MR) is 116 cm³/mol. The van der Waals surface area contributed by atoms with Crippen molar-refractivity contribution < 1.29 is 9.53 Å². The van der Waals surface area contributed by atoms with Crippen LogP contribution in [0, 0.1) is 5.92 Å². The van der Waals surface area contributed by atoms with Gasteiger partial charge in [-0.2, -0.15) is 0 Å². The molecule has 1 aromatic heterocycles. The highest BCUT2D eigenvalue weighted by atomic mass is 32.2. The number of carbonyl (C=O) groups excluding carboxylic acids is 1. The first kappa shape index (κ1) is 21.7. The third kappa shape index (κ3) is 5.75. The summed E-state index contributed by atoms with van der Waals surface area (Å²) in [6.45, 7) is 6.32. The third-order valence-corrected chi connectivity index (χ3v) is 6.69. The van der Waals surface area contributed by atoms with Gasteiger partial charge in [0.15, 0.2) is 17.1 Å². The summed E-state index contributed by atoms with van der Waals surface area (Å²) in [5.74, 6) is 2.53. The first-order valence-electron chi connectivity index (χ1n) is 10.5. The van der Waals surface area contributed by atoms with Gasteiger partial charge in [0, 0.05) is 13.1 Å². The zero-order valence-electron chi connectivity index (χ0n) is 17.9. The Kier molecular flexibility index (Phi) is 7.58. The van der Waals surface area contributed by atoms with Gasteiger partial charge in [-0.25, -0.2) is 0 Å². The molecule has 1 aromatic carbocycles. The number of hydrogen-bond donors (Lipinski definition) is 1. The molecule has 0 unspecified atom stereocenters. The fraction of sp³-hybridized carbons (Fsp3) is 0.591. The van der Waals surface area contributed by atoms with Crippen molar-refractivity contribution in [3.05, 3.63) is 35.7 Å². The van der Waals surface area contributed by atoms with Crippen LogP contribution in [0.3, 0.4) is 0 Å². The van der Waals surface area contributed by atoms with Crippen molar-refractivity contribution in [3.8, 4) is 5.75 Å². The van der Waals surface area contributed by atoms with Crippen LogP contribution < -0.4 is 10.1 Å². The quantitative estimate of drug-likeness (QED) is 0.650. The topological polar surface area (TPSA) is 69.0 Å². The molecule has 1 amide bonds. The average molecular weight is 417 g/mol. The first-order chi connectivity index (χ1) is 14.0.